The number of hydrogen-bond donors (Lipinski definition) is 3. The third kappa shape index (κ3) is 71.1. The maximum Gasteiger partial charge on any atom is 0.472 e. The first kappa shape index (κ1) is 96.1. The van der Waals surface area contributed by atoms with Crippen molar-refractivity contribution in [3.63, 3.8) is 0 Å². The molecule has 6 atom stereocenters. The van der Waals surface area contributed by atoms with Gasteiger partial charge in [-0.15, -0.1) is 0 Å². The lowest BCUT2D eigenvalue weighted by Gasteiger charge is -2.21. The molecule has 0 bridgehead atoms. The van der Waals surface area contributed by atoms with E-state index >= 15 is 0 Å². The minimum atomic E-state index is -4.96. The molecule has 0 spiro atoms. The summed E-state index contributed by atoms with van der Waals surface area (Å²) in [6.45, 7) is 9.64. The molecule has 0 aliphatic rings. The van der Waals surface area contributed by atoms with Gasteiger partial charge < -0.3 is 33.8 Å². The number of hydrogen-bond acceptors (Lipinski definition) is 15. The number of ether oxygens (including phenoxy) is 4. The van der Waals surface area contributed by atoms with Crippen molar-refractivity contribution in [2.24, 2.45) is 11.8 Å². The molecule has 0 aromatic heterocycles. The Balaban J connectivity index is 5.25. The average molecular weight is 1440 g/mol. The van der Waals surface area contributed by atoms with Crippen LogP contribution in [-0.4, -0.2) is 96.7 Å². The van der Waals surface area contributed by atoms with E-state index in [2.05, 4.69) is 41.5 Å². The number of aliphatic hydroxyl groups is 1. The van der Waals surface area contributed by atoms with E-state index in [0.29, 0.717) is 25.7 Å². The average Bonchev–Trinajstić information content (AvgIpc) is 1.10. The van der Waals surface area contributed by atoms with Crippen LogP contribution in [0, 0.1) is 11.8 Å². The summed E-state index contributed by atoms with van der Waals surface area (Å²) in [6.07, 6.45) is 59.5. The molecule has 98 heavy (non-hydrogen) atoms. The van der Waals surface area contributed by atoms with Gasteiger partial charge in [-0.3, -0.25) is 37.3 Å². The summed E-state index contributed by atoms with van der Waals surface area (Å²) in [4.78, 5) is 73.0. The van der Waals surface area contributed by atoms with Gasteiger partial charge in [-0.05, 0) is 37.5 Å². The Hall–Kier alpha value is -1.94. The van der Waals surface area contributed by atoms with Crippen molar-refractivity contribution in [3.05, 3.63) is 0 Å². The first-order valence-corrected chi connectivity index (χ1v) is 44.0. The highest BCUT2D eigenvalue weighted by Crippen LogP contribution is 2.45. The quantitative estimate of drug-likeness (QED) is 0.0222. The highest BCUT2D eigenvalue weighted by atomic mass is 31.2. The van der Waals surface area contributed by atoms with Crippen LogP contribution in [0.4, 0.5) is 0 Å². The summed E-state index contributed by atoms with van der Waals surface area (Å²) in [6, 6.07) is 0. The minimum absolute atomic E-state index is 0.106. The molecule has 0 radical (unpaired) electrons. The molecule has 0 saturated carbocycles. The number of phosphoric ester groups is 2. The second kappa shape index (κ2) is 70.7. The lowest BCUT2D eigenvalue weighted by atomic mass is 9.99. The van der Waals surface area contributed by atoms with Crippen molar-refractivity contribution in [2.45, 2.75) is 432 Å². The van der Waals surface area contributed by atoms with E-state index in [9.17, 15) is 43.2 Å². The Morgan fingerprint density at radius 2 is 0.520 bits per heavy atom. The van der Waals surface area contributed by atoms with E-state index in [4.69, 9.17) is 37.0 Å². The third-order valence-corrected chi connectivity index (χ3v) is 20.7. The molecule has 0 heterocycles. The molecule has 582 valence electrons. The Morgan fingerprint density at radius 3 is 0.776 bits per heavy atom. The summed E-state index contributed by atoms with van der Waals surface area (Å²) in [5.41, 5.74) is 0. The van der Waals surface area contributed by atoms with Crippen LogP contribution in [0.5, 0.6) is 0 Å². The fraction of sp³-hybridized carbons (Fsp3) is 0.949. The lowest BCUT2D eigenvalue weighted by molar-refractivity contribution is -0.161. The molecule has 0 aliphatic carbocycles. The second-order valence-electron chi connectivity index (χ2n) is 29.2. The van der Waals surface area contributed by atoms with Gasteiger partial charge in [0, 0.05) is 25.7 Å². The van der Waals surface area contributed by atoms with Crippen molar-refractivity contribution < 1.29 is 80.2 Å². The molecule has 3 unspecified atom stereocenters. The summed E-state index contributed by atoms with van der Waals surface area (Å²) in [7, 11) is -9.92. The largest absolute Gasteiger partial charge is 0.472 e. The van der Waals surface area contributed by atoms with Crippen LogP contribution in [0.3, 0.4) is 0 Å². The molecule has 0 amide bonds. The lowest BCUT2D eigenvalue weighted by Crippen LogP contribution is -2.30. The Morgan fingerprint density at radius 1 is 0.296 bits per heavy atom. The summed E-state index contributed by atoms with van der Waals surface area (Å²) >= 11 is 0. The van der Waals surface area contributed by atoms with Crippen molar-refractivity contribution in [1.29, 1.82) is 0 Å². The number of phosphoric acid groups is 2. The smallest absolute Gasteiger partial charge is 0.462 e. The molecule has 0 saturated heterocycles. The fourth-order valence-corrected chi connectivity index (χ4v) is 13.7. The van der Waals surface area contributed by atoms with Crippen LogP contribution >= 0.6 is 15.6 Å². The molecule has 0 aliphatic heterocycles. The number of rotatable bonds is 78. The molecule has 0 fully saturated rings. The zero-order valence-electron chi connectivity index (χ0n) is 64.1. The number of unbranched alkanes of at least 4 members (excludes halogenated alkanes) is 47. The monoisotopic (exact) mass is 1440 g/mol. The van der Waals surface area contributed by atoms with Gasteiger partial charge in [0.1, 0.15) is 19.3 Å². The Kier molecular flexibility index (Phi) is 69.3. The number of esters is 4. The van der Waals surface area contributed by atoms with Crippen LogP contribution in [-0.2, 0) is 65.4 Å². The zero-order chi connectivity index (χ0) is 72.1. The maximum absolute atomic E-state index is 13.1. The van der Waals surface area contributed by atoms with Gasteiger partial charge in [-0.25, -0.2) is 9.13 Å². The van der Waals surface area contributed by atoms with Crippen molar-refractivity contribution in [1.82, 2.24) is 0 Å². The maximum atomic E-state index is 13.1. The van der Waals surface area contributed by atoms with E-state index in [0.717, 1.165) is 102 Å². The van der Waals surface area contributed by atoms with Crippen LogP contribution in [0.15, 0.2) is 0 Å². The molecule has 0 aromatic carbocycles. The molecule has 3 N–H and O–H groups in total. The molecular formula is C79H154O17P2. The predicted octanol–water partition coefficient (Wildman–Crippen LogP) is 23.5. The zero-order valence-corrected chi connectivity index (χ0v) is 65.9. The highest BCUT2D eigenvalue weighted by Gasteiger charge is 2.30. The highest BCUT2D eigenvalue weighted by molar-refractivity contribution is 7.47. The molecular weight excluding hydrogens is 1280 g/mol. The summed E-state index contributed by atoms with van der Waals surface area (Å²) < 4.78 is 68.7. The molecule has 0 aromatic rings. The second-order valence-corrected chi connectivity index (χ2v) is 32.1. The van der Waals surface area contributed by atoms with Gasteiger partial charge >= 0.3 is 39.5 Å². The Labute approximate surface area is 600 Å². The fourth-order valence-electron chi connectivity index (χ4n) is 12.2. The van der Waals surface area contributed by atoms with Crippen LogP contribution < -0.4 is 0 Å². The van der Waals surface area contributed by atoms with Gasteiger partial charge in [-0.1, -0.05) is 363 Å². The normalized spacial score (nSPS) is 14.2. The summed E-state index contributed by atoms with van der Waals surface area (Å²) in [5, 5.41) is 10.6. The van der Waals surface area contributed by atoms with Crippen LogP contribution in [0.2, 0.25) is 0 Å². The van der Waals surface area contributed by atoms with E-state index in [1.807, 2.05) is 0 Å². The van der Waals surface area contributed by atoms with Gasteiger partial charge in [-0.2, -0.15) is 0 Å². The van der Waals surface area contributed by atoms with E-state index in [1.165, 1.54) is 231 Å². The topological polar surface area (TPSA) is 237 Å². The van der Waals surface area contributed by atoms with E-state index < -0.39 is 97.5 Å². The SMILES string of the molecule is CCCCCCCCCCCCCCCCCCCC(=O)OC[C@H](COP(=O)(O)OC[C@@H](O)COP(=O)(O)OC[C@@H](COC(=O)CCCCCCCCCCCCCC)OC(=O)CCCCCCCCCCC(C)CC)OC(=O)CCCCCCCCCCCCCCCCC(C)C. The van der Waals surface area contributed by atoms with Crippen molar-refractivity contribution in [3.8, 4) is 0 Å². The number of carbonyl (C=O) groups excluding carboxylic acids is 4. The summed E-state index contributed by atoms with van der Waals surface area (Å²) in [5.74, 6) is -0.546. The standard InChI is InChI=1S/C79H154O17P2/c1-7-10-12-14-16-18-20-22-23-24-25-29-33-37-44-50-56-62-77(82)89-67-74(95-78(83)63-57-51-45-38-34-30-27-26-28-31-35-41-47-53-59-71(4)5)69-93-97(85,86)91-65-73(80)66-92-98(87,88)94-70-75(96-79(84)64-58-52-46-40-39-42-48-54-60-72(6)9-3)68-90-76(81)61-55-49-43-36-32-21-19-17-15-13-11-8-2/h71-75,80H,7-70H2,1-6H3,(H,85,86)(H,87,88)/t72?,73-,74-,75-/m1/s1. The number of aliphatic hydroxyl groups excluding tert-OH is 1. The molecule has 19 heteroatoms. The van der Waals surface area contributed by atoms with E-state index in [1.54, 1.807) is 0 Å². The third-order valence-electron chi connectivity index (χ3n) is 18.8. The first-order chi connectivity index (χ1) is 47.4. The first-order valence-electron chi connectivity index (χ1n) is 41.0. The van der Waals surface area contributed by atoms with Gasteiger partial charge in [0.2, 0.25) is 0 Å². The number of carbonyl (C=O) groups is 4. The molecule has 17 nitrogen and oxygen atoms in total. The van der Waals surface area contributed by atoms with Crippen molar-refractivity contribution >= 4 is 39.5 Å². The molecule has 0 rings (SSSR count). The predicted molar refractivity (Wildman–Crippen MR) is 400 cm³/mol. The minimum Gasteiger partial charge on any atom is -0.462 e. The van der Waals surface area contributed by atoms with Gasteiger partial charge in [0.05, 0.1) is 26.4 Å². The van der Waals surface area contributed by atoms with Crippen LogP contribution in [0.25, 0.3) is 0 Å². The van der Waals surface area contributed by atoms with E-state index in [-0.39, 0.29) is 25.7 Å². The van der Waals surface area contributed by atoms with Gasteiger partial charge in [0.15, 0.2) is 12.2 Å². The van der Waals surface area contributed by atoms with Gasteiger partial charge in [0.25, 0.3) is 0 Å². The van der Waals surface area contributed by atoms with Crippen LogP contribution in [0.1, 0.15) is 414 Å². The Bertz CT molecular complexity index is 1890. The van der Waals surface area contributed by atoms with Crippen molar-refractivity contribution in [2.75, 3.05) is 39.6 Å².